The molecule has 1 unspecified atom stereocenters. The van der Waals surface area contributed by atoms with E-state index in [1.807, 2.05) is 13.8 Å². The Kier molecular flexibility index (Phi) is 7.44. The average Bonchev–Trinajstić information content (AvgIpc) is 2.49. The Morgan fingerprint density at radius 3 is 2.17 bits per heavy atom. The Morgan fingerprint density at radius 1 is 1.17 bits per heavy atom. The van der Waals surface area contributed by atoms with Crippen molar-refractivity contribution in [1.29, 1.82) is 0 Å². The van der Waals surface area contributed by atoms with Gasteiger partial charge in [0, 0.05) is 12.0 Å². The van der Waals surface area contributed by atoms with Gasteiger partial charge >= 0.3 is 0 Å². The molecule has 1 amide bonds. The predicted molar refractivity (Wildman–Crippen MR) is 101 cm³/mol. The second-order valence-electron chi connectivity index (χ2n) is 7.98. The van der Waals surface area contributed by atoms with Crippen LogP contribution in [0.1, 0.15) is 72.8 Å². The molecule has 1 atom stereocenters. The molecule has 0 fully saturated rings. The Hall–Kier alpha value is -1.38. The summed E-state index contributed by atoms with van der Waals surface area (Å²) in [4.78, 5) is 15.1. The van der Waals surface area contributed by atoms with Gasteiger partial charge in [-0.15, -0.1) is 0 Å². The van der Waals surface area contributed by atoms with Crippen molar-refractivity contribution in [3.8, 4) is 0 Å². The Morgan fingerprint density at radius 2 is 1.71 bits per heavy atom. The summed E-state index contributed by atoms with van der Waals surface area (Å²) in [6.45, 7) is 14.3. The number of rotatable bonds is 7. The van der Waals surface area contributed by atoms with Crippen LogP contribution < -0.4 is 4.90 Å². The lowest BCUT2D eigenvalue weighted by atomic mass is 9.80. The van der Waals surface area contributed by atoms with E-state index in [1.54, 1.807) is 17.0 Å². The number of amides is 1. The fraction of sp³-hybridized carbons (Fsp3) is 0.667. The van der Waals surface area contributed by atoms with E-state index < -0.39 is 0 Å². The first-order valence-corrected chi connectivity index (χ1v) is 9.22. The first-order valence-electron chi connectivity index (χ1n) is 9.22. The third-order valence-electron chi connectivity index (χ3n) is 4.88. The fourth-order valence-electron chi connectivity index (χ4n) is 2.95. The van der Waals surface area contributed by atoms with Crippen LogP contribution in [0.3, 0.4) is 0 Å². The summed E-state index contributed by atoms with van der Waals surface area (Å²) in [5.74, 6) is -0.459. The van der Waals surface area contributed by atoms with Crippen LogP contribution in [0.4, 0.5) is 10.1 Å². The molecular formula is C21H34FNO. The van der Waals surface area contributed by atoms with Crippen molar-refractivity contribution in [2.75, 3.05) is 4.90 Å². The van der Waals surface area contributed by atoms with Crippen LogP contribution in [-0.2, 0) is 4.79 Å². The summed E-state index contributed by atoms with van der Waals surface area (Å²) in [6.07, 6.45) is 3.74. The molecule has 0 saturated heterocycles. The lowest BCUT2D eigenvalue weighted by Crippen LogP contribution is -2.46. The van der Waals surface area contributed by atoms with Crippen LogP contribution in [0.2, 0.25) is 0 Å². The average molecular weight is 336 g/mol. The summed E-state index contributed by atoms with van der Waals surface area (Å²) < 4.78 is 14.6. The maximum Gasteiger partial charge on any atom is 0.230 e. The smallest absolute Gasteiger partial charge is 0.230 e. The van der Waals surface area contributed by atoms with Crippen molar-refractivity contribution in [3.63, 3.8) is 0 Å². The van der Waals surface area contributed by atoms with Crippen molar-refractivity contribution >= 4 is 11.6 Å². The first-order chi connectivity index (χ1) is 11.1. The zero-order valence-corrected chi connectivity index (χ0v) is 16.4. The van der Waals surface area contributed by atoms with Gasteiger partial charge in [0.05, 0.1) is 5.69 Å². The fourth-order valence-corrected chi connectivity index (χ4v) is 2.95. The van der Waals surface area contributed by atoms with Gasteiger partial charge in [-0.25, -0.2) is 4.39 Å². The van der Waals surface area contributed by atoms with Gasteiger partial charge in [-0.2, -0.15) is 0 Å². The topological polar surface area (TPSA) is 20.3 Å². The molecule has 0 aliphatic rings. The molecule has 1 rings (SSSR count). The van der Waals surface area contributed by atoms with E-state index in [1.165, 1.54) is 6.07 Å². The highest BCUT2D eigenvalue weighted by Crippen LogP contribution is 2.33. The third kappa shape index (κ3) is 5.06. The van der Waals surface area contributed by atoms with Crippen LogP contribution >= 0.6 is 0 Å². The molecule has 1 aromatic carbocycles. The maximum absolute atomic E-state index is 14.6. The molecule has 0 saturated carbocycles. The van der Waals surface area contributed by atoms with Gasteiger partial charge in [0.25, 0.3) is 0 Å². The van der Waals surface area contributed by atoms with Crippen molar-refractivity contribution in [2.24, 2.45) is 11.3 Å². The zero-order valence-electron chi connectivity index (χ0n) is 16.4. The maximum atomic E-state index is 14.6. The Bertz CT molecular complexity index is 541. The summed E-state index contributed by atoms with van der Waals surface area (Å²) >= 11 is 0. The van der Waals surface area contributed by atoms with Crippen molar-refractivity contribution in [1.82, 2.24) is 0 Å². The molecule has 0 spiro atoms. The van der Waals surface area contributed by atoms with Gasteiger partial charge in [0.2, 0.25) is 5.91 Å². The molecule has 2 nitrogen and oxygen atoms in total. The van der Waals surface area contributed by atoms with E-state index >= 15 is 0 Å². The number of benzene rings is 1. The molecule has 0 aliphatic carbocycles. The molecule has 0 bridgehead atoms. The highest BCUT2D eigenvalue weighted by atomic mass is 19.1. The lowest BCUT2D eigenvalue weighted by Gasteiger charge is -2.37. The summed E-state index contributed by atoms with van der Waals surface area (Å²) in [5, 5.41) is 0. The summed E-state index contributed by atoms with van der Waals surface area (Å²) in [5.41, 5.74) is 1.25. The van der Waals surface area contributed by atoms with Crippen LogP contribution in [0.25, 0.3) is 0 Å². The van der Waals surface area contributed by atoms with Crippen LogP contribution in [0, 0.1) is 24.1 Å². The van der Waals surface area contributed by atoms with E-state index in [-0.39, 0.29) is 29.1 Å². The summed E-state index contributed by atoms with van der Waals surface area (Å²) in [7, 11) is 0. The molecule has 0 aromatic heterocycles. The van der Waals surface area contributed by atoms with Gasteiger partial charge in [-0.3, -0.25) is 4.79 Å². The molecule has 24 heavy (non-hydrogen) atoms. The van der Waals surface area contributed by atoms with Gasteiger partial charge < -0.3 is 4.90 Å². The summed E-state index contributed by atoms with van der Waals surface area (Å²) in [6, 6.07) is 5.08. The lowest BCUT2D eigenvalue weighted by molar-refractivity contribution is -0.125. The Labute approximate surface area is 147 Å². The number of aryl methyl sites for hydroxylation is 1. The van der Waals surface area contributed by atoms with Crippen molar-refractivity contribution in [3.05, 3.63) is 29.6 Å². The molecular weight excluding hydrogens is 301 g/mol. The minimum Gasteiger partial charge on any atom is -0.306 e. The second-order valence-corrected chi connectivity index (χ2v) is 7.98. The molecule has 0 aliphatic heterocycles. The molecule has 0 radical (unpaired) electrons. The highest BCUT2D eigenvalue weighted by Gasteiger charge is 2.35. The third-order valence-corrected chi connectivity index (χ3v) is 4.88. The minimum absolute atomic E-state index is 0.0268. The van der Waals surface area contributed by atoms with Crippen molar-refractivity contribution < 1.29 is 9.18 Å². The zero-order chi connectivity index (χ0) is 18.5. The molecule has 3 heteroatoms. The molecule has 136 valence electrons. The van der Waals surface area contributed by atoms with E-state index in [2.05, 4.69) is 34.6 Å². The highest BCUT2D eigenvalue weighted by molar-refractivity contribution is 5.96. The minimum atomic E-state index is -0.313. The van der Waals surface area contributed by atoms with E-state index in [0.29, 0.717) is 5.69 Å². The monoisotopic (exact) mass is 335 g/mol. The molecule has 0 heterocycles. The van der Waals surface area contributed by atoms with Crippen LogP contribution in [0.15, 0.2) is 18.2 Å². The van der Waals surface area contributed by atoms with Gasteiger partial charge in [0.1, 0.15) is 5.82 Å². The molecule has 1 aromatic rings. The van der Waals surface area contributed by atoms with Crippen LogP contribution in [-0.4, -0.2) is 11.9 Å². The van der Waals surface area contributed by atoms with Gasteiger partial charge in [-0.05, 0) is 42.9 Å². The molecule has 0 N–H and O–H groups in total. The normalized spacial score (nSPS) is 13.2. The number of hydrogen-bond donors (Lipinski definition) is 0. The first kappa shape index (κ1) is 20.7. The van der Waals surface area contributed by atoms with Crippen LogP contribution in [0.5, 0.6) is 0 Å². The number of carbonyl (C=O) groups is 1. The van der Waals surface area contributed by atoms with Gasteiger partial charge in [-0.1, -0.05) is 60.5 Å². The number of anilines is 1. The predicted octanol–water partition coefficient (Wildman–Crippen LogP) is 6.12. The van der Waals surface area contributed by atoms with E-state index in [0.717, 1.165) is 31.2 Å². The van der Waals surface area contributed by atoms with E-state index in [9.17, 15) is 9.18 Å². The quantitative estimate of drug-likeness (QED) is 0.588. The largest absolute Gasteiger partial charge is 0.306 e. The standard InChI is InChI=1S/C21H34FNO/c1-8-10-17(11-9-2)23(20(24)16(4)21(5,6)7)19-14-15(3)12-13-18(19)22/h12-14,16-17H,8-11H2,1-7H3. The SMILES string of the molecule is CCCC(CCC)N(C(=O)C(C)C(C)(C)C)c1cc(C)ccc1F. The van der Waals surface area contributed by atoms with Crippen molar-refractivity contribution in [2.45, 2.75) is 80.2 Å². The second kappa shape index (κ2) is 8.64. The van der Waals surface area contributed by atoms with Gasteiger partial charge in [0.15, 0.2) is 0 Å². The number of hydrogen-bond acceptors (Lipinski definition) is 1. The number of halogens is 1. The van der Waals surface area contributed by atoms with E-state index in [4.69, 9.17) is 0 Å². The number of nitrogens with zero attached hydrogens (tertiary/aromatic N) is 1. The Balaban J connectivity index is 3.39. The number of carbonyl (C=O) groups excluding carboxylic acids is 1.